The highest BCUT2D eigenvalue weighted by molar-refractivity contribution is 6.62. The molecular weight excluding hydrogens is 385 g/mol. The molecule has 2 aromatic carbocycles. The molecule has 0 unspecified atom stereocenters. The van der Waals surface area contributed by atoms with Gasteiger partial charge in [0.15, 0.2) is 5.82 Å². The number of benzene rings is 2. The van der Waals surface area contributed by atoms with E-state index >= 15 is 0 Å². The Morgan fingerprint density at radius 3 is 2.13 bits per heavy atom. The molecule has 1 aliphatic heterocycles. The second kappa shape index (κ2) is 7.25. The van der Waals surface area contributed by atoms with E-state index in [9.17, 15) is 0 Å². The molecule has 5 nitrogen and oxygen atoms in total. The summed E-state index contributed by atoms with van der Waals surface area (Å²) in [5.74, 6) is 0.679. The Morgan fingerprint density at radius 1 is 0.742 bits per heavy atom. The Morgan fingerprint density at radius 2 is 1.45 bits per heavy atom. The summed E-state index contributed by atoms with van der Waals surface area (Å²) >= 11 is 0. The molecule has 0 bridgehead atoms. The number of aromatic nitrogens is 3. The van der Waals surface area contributed by atoms with E-state index in [0.717, 1.165) is 33.2 Å². The second-order valence-electron chi connectivity index (χ2n) is 8.86. The van der Waals surface area contributed by atoms with E-state index in [4.69, 9.17) is 19.3 Å². The number of rotatable bonds is 3. The van der Waals surface area contributed by atoms with E-state index in [0.29, 0.717) is 5.82 Å². The van der Waals surface area contributed by atoms with Gasteiger partial charge in [-0.3, -0.25) is 4.98 Å². The van der Waals surface area contributed by atoms with Crippen molar-refractivity contribution in [1.29, 1.82) is 0 Å². The van der Waals surface area contributed by atoms with Gasteiger partial charge in [-0.2, -0.15) is 0 Å². The van der Waals surface area contributed by atoms with Crippen LogP contribution in [0, 0.1) is 0 Å². The minimum atomic E-state index is -0.387. The maximum Gasteiger partial charge on any atom is 0.494 e. The van der Waals surface area contributed by atoms with Gasteiger partial charge in [-0.05, 0) is 51.4 Å². The molecule has 0 aliphatic carbocycles. The minimum Gasteiger partial charge on any atom is -0.399 e. The van der Waals surface area contributed by atoms with E-state index in [-0.39, 0.29) is 18.3 Å². The first-order valence-electron chi connectivity index (χ1n) is 10.5. The van der Waals surface area contributed by atoms with Gasteiger partial charge in [-0.1, -0.05) is 42.5 Å². The lowest BCUT2D eigenvalue weighted by atomic mass is 9.79. The largest absolute Gasteiger partial charge is 0.494 e. The van der Waals surface area contributed by atoms with Gasteiger partial charge in [0.05, 0.1) is 22.4 Å². The van der Waals surface area contributed by atoms with Crippen molar-refractivity contribution in [3.05, 3.63) is 73.1 Å². The van der Waals surface area contributed by atoms with Crippen molar-refractivity contribution in [2.75, 3.05) is 0 Å². The van der Waals surface area contributed by atoms with Crippen molar-refractivity contribution in [1.82, 2.24) is 15.0 Å². The Kier molecular flexibility index (Phi) is 4.65. The minimum absolute atomic E-state index is 0.365. The van der Waals surface area contributed by atoms with Crippen LogP contribution in [0.2, 0.25) is 0 Å². The smallest absolute Gasteiger partial charge is 0.399 e. The van der Waals surface area contributed by atoms with Gasteiger partial charge < -0.3 is 9.31 Å². The molecule has 2 aromatic heterocycles. The third-order valence-electron chi connectivity index (χ3n) is 6.23. The molecule has 3 heterocycles. The summed E-state index contributed by atoms with van der Waals surface area (Å²) in [5, 5.41) is 1.01. The van der Waals surface area contributed by atoms with Crippen LogP contribution in [0.25, 0.3) is 33.5 Å². The first-order chi connectivity index (χ1) is 14.8. The Labute approximate surface area is 182 Å². The maximum atomic E-state index is 6.17. The molecule has 5 rings (SSSR count). The molecule has 1 fully saturated rings. The maximum absolute atomic E-state index is 6.17. The molecule has 0 amide bonds. The number of hydrogen-bond donors (Lipinski definition) is 0. The molecule has 1 saturated heterocycles. The van der Waals surface area contributed by atoms with Crippen LogP contribution in [0.3, 0.4) is 0 Å². The predicted octanol–water partition coefficient (Wildman–Crippen LogP) is 4.66. The molecule has 0 radical (unpaired) electrons. The van der Waals surface area contributed by atoms with Gasteiger partial charge >= 0.3 is 7.12 Å². The fourth-order valence-electron chi connectivity index (χ4n) is 3.70. The van der Waals surface area contributed by atoms with Crippen LogP contribution in [0.4, 0.5) is 0 Å². The summed E-state index contributed by atoms with van der Waals surface area (Å²) in [4.78, 5) is 14.0. The van der Waals surface area contributed by atoms with E-state index < -0.39 is 0 Å². The summed E-state index contributed by atoms with van der Waals surface area (Å²) < 4.78 is 12.3. The molecule has 31 heavy (non-hydrogen) atoms. The molecule has 0 N–H and O–H groups in total. The summed E-state index contributed by atoms with van der Waals surface area (Å²) in [6.07, 6.45) is 3.60. The number of fused-ring (bicyclic) bond motifs is 1. The van der Waals surface area contributed by atoms with Crippen LogP contribution in [-0.4, -0.2) is 33.3 Å². The van der Waals surface area contributed by atoms with Gasteiger partial charge in [-0.25, -0.2) is 9.97 Å². The van der Waals surface area contributed by atoms with Crippen LogP contribution in [0.5, 0.6) is 0 Å². The highest BCUT2D eigenvalue weighted by Gasteiger charge is 2.51. The van der Waals surface area contributed by atoms with Crippen molar-refractivity contribution in [2.24, 2.45) is 0 Å². The Balaban J connectivity index is 1.53. The zero-order valence-corrected chi connectivity index (χ0v) is 18.2. The van der Waals surface area contributed by atoms with Gasteiger partial charge in [0.2, 0.25) is 0 Å². The SMILES string of the molecule is CC1(C)OB(c2ccc(-c3nc(-c4cccnc4)c4ccccc4n3)cc2)OC1(C)C. The second-order valence-corrected chi connectivity index (χ2v) is 8.86. The number of nitrogens with zero attached hydrogens (tertiary/aromatic N) is 3. The van der Waals surface area contributed by atoms with Gasteiger partial charge in [0, 0.05) is 28.9 Å². The van der Waals surface area contributed by atoms with Crippen molar-refractivity contribution >= 4 is 23.5 Å². The van der Waals surface area contributed by atoms with Crippen LogP contribution < -0.4 is 5.46 Å². The third-order valence-corrected chi connectivity index (χ3v) is 6.23. The average Bonchev–Trinajstić information content (AvgIpc) is 3.00. The summed E-state index contributed by atoms with van der Waals surface area (Å²) in [6, 6.07) is 20.1. The number of para-hydroxylation sites is 1. The molecular formula is C25H24BN3O2. The zero-order chi connectivity index (χ0) is 21.6. The predicted molar refractivity (Wildman–Crippen MR) is 124 cm³/mol. The average molecular weight is 409 g/mol. The van der Waals surface area contributed by atoms with E-state index in [1.807, 2.05) is 66.9 Å². The molecule has 6 heteroatoms. The molecule has 0 spiro atoms. The van der Waals surface area contributed by atoms with Crippen molar-refractivity contribution in [3.8, 4) is 22.6 Å². The van der Waals surface area contributed by atoms with E-state index in [1.165, 1.54) is 0 Å². The van der Waals surface area contributed by atoms with Crippen molar-refractivity contribution in [2.45, 2.75) is 38.9 Å². The molecule has 4 aromatic rings. The molecule has 0 saturated carbocycles. The lowest BCUT2D eigenvalue weighted by Crippen LogP contribution is -2.41. The lowest BCUT2D eigenvalue weighted by molar-refractivity contribution is 0.00578. The highest BCUT2D eigenvalue weighted by atomic mass is 16.7. The van der Waals surface area contributed by atoms with Crippen LogP contribution in [-0.2, 0) is 9.31 Å². The van der Waals surface area contributed by atoms with Crippen LogP contribution >= 0.6 is 0 Å². The Bertz CT molecular complexity index is 1220. The van der Waals surface area contributed by atoms with Gasteiger partial charge in [0.1, 0.15) is 0 Å². The first kappa shape index (κ1) is 19.9. The number of pyridine rings is 1. The Hall–Kier alpha value is -3.09. The monoisotopic (exact) mass is 409 g/mol. The topological polar surface area (TPSA) is 57.1 Å². The third kappa shape index (κ3) is 3.52. The quantitative estimate of drug-likeness (QED) is 0.461. The lowest BCUT2D eigenvalue weighted by Gasteiger charge is -2.32. The van der Waals surface area contributed by atoms with Gasteiger partial charge in [-0.15, -0.1) is 0 Å². The fraction of sp³-hybridized carbons (Fsp3) is 0.240. The van der Waals surface area contributed by atoms with Crippen molar-refractivity contribution in [3.63, 3.8) is 0 Å². The van der Waals surface area contributed by atoms with Crippen molar-refractivity contribution < 1.29 is 9.31 Å². The fourth-order valence-corrected chi connectivity index (χ4v) is 3.70. The molecule has 0 atom stereocenters. The van der Waals surface area contributed by atoms with E-state index in [2.05, 4.69) is 32.7 Å². The highest BCUT2D eigenvalue weighted by Crippen LogP contribution is 2.36. The van der Waals surface area contributed by atoms with Gasteiger partial charge in [0.25, 0.3) is 0 Å². The van der Waals surface area contributed by atoms with Crippen LogP contribution in [0.15, 0.2) is 73.1 Å². The summed E-state index contributed by atoms with van der Waals surface area (Å²) in [5.41, 5.74) is 3.94. The summed E-state index contributed by atoms with van der Waals surface area (Å²) in [7, 11) is -0.387. The molecule has 1 aliphatic rings. The standard InChI is InChI=1S/C25H24BN3O2/c1-24(2)25(3,4)31-26(30-24)19-13-11-17(12-14-19)23-28-21-10-6-5-9-20(21)22(29-23)18-8-7-15-27-16-18/h5-16H,1-4H3. The van der Waals surface area contributed by atoms with Crippen LogP contribution in [0.1, 0.15) is 27.7 Å². The number of hydrogen-bond acceptors (Lipinski definition) is 5. The summed E-state index contributed by atoms with van der Waals surface area (Å²) in [6.45, 7) is 8.24. The molecule has 154 valence electrons. The first-order valence-corrected chi connectivity index (χ1v) is 10.5. The van der Waals surface area contributed by atoms with E-state index in [1.54, 1.807) is 6.20 Å². The normalized spacial score (nSPS) is 17.2. The zero-order valence-electron chi connectivity index (χ0n) is 18.2.